The molecule has 4 rings (SSSR count). The SMILES string of the molecule is CC(=O)Nc1nc(C)c(S(=O)(=O)Nc2ccc3c(c2)OC(CN[C@H](C)c2ccccc2)CC3)s1. The Hall–Kier alpha value is -2.95. The highest BCUT2D eigenvalue weighted by Gasteiger charge is 2.25. The zero-order chi connectivity index (χ0) is 24.3. The van der Waals surface area contributed by atoms with Crippen LogP contribution in [0.25, 0.3) is 0 Å². The molecular formula is C24H28N4O4S2. The Morgan fingerprint density at radius 2 is 2.00 bits per heavy atom. The number of anilines is 2. The molecule has 3 N–H and O–H groups in total. The number of nitrogens with one attached hydrogen (secondary N) is 3. The first-order chi connectivity index (χ1) is 16.2. The number of aromatic nitrogens is 1. The smallest absolute Gasteiger partial charge is 0.273 e. The number of benzene rings is 2. The fraction of sp³-hybridized carbons (Fsp3) is 0.333. The van der Waals surface area contributed by atoms with E-state index in [4.69, 9.17) is 4.74 Å². The lowest BCUT2D eigenvalue weighted by atomic mass is 10.0. The molecule has 0 aliphatic carbocycles. The molecule has 1 unspecified atom stereocenters. The zero-order valence-electron chi connectivity index (χ0n) is 19.3. The highest BCUT2D eigenvalue weighted by Crippen LogP contribution is 2.33. The second-order valence-electron chi connectivity index (χ2n) is 8.32. The summed E-state index contributed by atoms with van der Waals surface area (Å²) in [6.07, 6.45) is 1.75. The first kappa shape index (κ1) is 24.2. The number of carbonyl (C=O) groups is 1. The van der Waals surface area contributed by atoms with E-state index in [1.807, 2.05) is 24.3 Å². The lowest BCUT2D eigenvalue weighted by Crippen LogP contribution is -2.35. The summed E-state index contributed by atoms with van der Waals surface area (Å²) in [5.74, 6) is 0.380. The Balaban J connectivity index is 1.42. The number of aryl methyl sites for hydroxylation is 2. The van der Waals surface area contributed by atoms with Gasteiger partial charge in [-0.3, -0.25) is 9.52 Å². The van der Waals surface area contributed by atoms with Crippen LogP contribution < -0.4 is 20.1 Å². The Labute approximate surface area is 203 Å². The summed E-state index contributed by atoms with van der Waals surface area (Å²) in [6.45, 7) is 5.76. The lowest BCUT2D eigenvalue weighted by molar-refractivity contribution is -0.114. The second kappa shape index (κ2) is 10.1. The van der Waals surface area contributed by atoms with Gasteiger partial charge in [-0.1, -0.05) is 47.7 Å². The van der Waals surface area contributed by atoms with Gasteiger partial charge in [-0.15, -0.1) is 0 Å². The van der Waals surface area contributed by atoms with E-state index in [-0.39, 0.29) is 27.4 Å². The van der Waals surface area contributed by atoms with E-state index in [9.17, 15) is 13.2 Å². The van der Waals surface area contributed by atoms with E-state index in [2.05, 4.69) is 39.4 Å². The van der Waals surface area contributed by atoms with Gasteiger partial charge in [0.1, 0.15) is 11.9 Å². The third-order valence-electron chi connectivity index (χ3n) is 5.58. The summed E-state index contributed by atoms with van der Waals surface area (Å²) in [6, 6.07) is 15.8. The van der Waals surface area contributed by atoms with Crippen LogP contribution in [0.2, 0.25) is 0 Å². The van der Waals surface area contributed by atoms with Gasteiger partial charge in [0.15, 0.2) is 9.34 Å². The first-order valence-electron chi connectivity index (χ1n) is 11.1. The largest absolute Gasteiger partial charge is 0.489 e. The molecule has 10 heteroatoms. The van der Waals surface area contributed by atoms with Crippen molar-refractivity contribution in [3.8, 4) is 5.75 Å². The quantitative estimate of drug-likeness (QED) is 0.427. The minimum atomic E-state index is -3.86. The van der Waals surface area contributed by atoms with E-state index in [0.717, 1.165) is 29.7 Å². The van der Waals surface area contributed by atoms with Crippen molar-refractivity contribution in [1.82, 2.24) is 10.3 Å². The minimum absolute atomic E-state index is 0.00512. The van der Waals surface area contributed by atoms with Crippen molar-refractivity contribution in [3.63, 3.8) is 0 Å². The van der Waals surface area contributed by atoms with Gasteiger partial charge in [-0.05, 0) is 43.9 Å². The third-order valence-corrected chi connectivity index (χ3v) is 8.64. The number of sulfonamides is 1. The second-order valence-corrected chi connectivity index (χ2v) is 11.2. The van der Waals surface area contributed by atoms with Crippen LogP contribution in [0.15, 0.2) is 52.7 Å². The van der Waals surface area contributed by atoms with Gasteiger partial charge in [0.2, 0.25) is 5.91 Å². The van der Waals surface area contributed by atoms with Crippen molar-refractivity contribution in [3.05, 3.63) is 65.4 Å². The molecule has 0 saturated heterocycles. The van der Waals surface area contributed by atoms with Gasteiger partial charge in [0.25, 0.3) is 10.0 Å². The Bertz CT molecular complexity index is 1280. The molecule has 2 aromatic carbocycles. The highest BCUT2D eigenvalue weighted by molar-refractivity contribution is 7.94. The molecule has 0 spiro atoms. The van der Waals surface area contributed by atoms with Crippen LogP contribution in [0.3, 0.4) is 0 Å². The van der Waals surface area contributed by atoms with E-state index < -0.39 is 10.0 Å². The van der Waals surface area contributed by atoms with Crippen molar-refractivity contribution in [1.29, 1.82) is 0 Å². The molecule has 8 nitrogen and oxygen atoms in total. The van der Waals surface area contributed by atoms with Crippen LogP contribution in [-0.2, 0) is 21.2 Å². The molecule has 1 aromatic heterocycles. The Morgan fingerprint density at radius 3 is 2.74 bits per heavy atom. The van der Waals surface area contributed by atoms with E-state index in [0.29, 0.717) is 23.7 Å². The molecule has 2 atom stereocenters. The fourth-order valence-corrected chi connectivity index (χ4v) is 6.35. The minimum Gasteiger partial charge on any atom is -0.489 e. The Kier molecular flexibility index (Phi) is 7.20. The topological polar surface area (TPSA) is 109 Å². The van der Waals surface area contributed by atoms with Crippen molar-refractivity contribution in [2.24, 2.45) is 0 Å². The number of hydrogen-bond acceptors (Lipinski definition) is 7. The number of hydrogen-bond donors (Lipinski definition) is 3. The molecule has 1 aliphatic rings. The molecule has 1 aliphatic heterocycles. The van der Waals surface area contributed by atoms with Gasteiger partial charge in [0.05, 0.1) is 11.4 Å². The number of fused-ring (bicyclic) bond motifs is 1. The molecule has 0 saturated carbocycles. The molecule has 34 heavy (non-hydrogen) atoms. The van der Waals surface area contributed by atoms with Gasteiger partial charge >= 0.3 is 0 Å². The average Bonchev–Trinajstić information content (AvgIpc) is 3.17. The number of amides is 1. The highest BCUT2D eigenvalue weighted by atomic mass is 32.2. The molecule has 1 amide bonds. The maximum absolute atomic E-state index is 13.0. The van der Waals surface area contributed by atoms with Crippen molar-refractivity contribution < 1.29 is 17.9 Å². The van der Waals surface area contributed by atoms with E-state index in [1.165, 1.54) is 12.5 Å². The predicted octanol–water partition coefficient (Wildman–Crippen LogP) is 4.26. The summed E-state index contributed by atoms with van der Waals surface area (Å²) in [7, 11) is -3.86. The predicted molar refractivity (Wildman–Crippen MR) is 134 cm³/mol. The molecule has 0 radical (unpaired) electrons. The number of nitrogens with zero attached hydrogens (tertiary/aromatic N) is 1. The van der Waals surface area contributed by atoms with Crippen LogP contribution in [0.4, 0.5) is 10.8 Å². The monoisotopic (exact) mass is 500 g/mol. The number of ether oxygens (including phenoxy) is 1. The van der Waals surface area contributed by atoms with Crippen molar-refractivity contribution in [2.75, 3.05) is 16.6 Å². The van der Waals surface area contributed by atoms with Crippen molar-refractivity contribution >= 4 is 38.1 Å². The number of thiazole rings is 1. The van der Waals surface area contributed by atoms with Gasteiger partial charge in [0, 0.05) is 25.6 Å². The molecule has 0 fully saturated rings. The summed E-state index contributed by atoms with van der Waals surface area (Å²) < 4.78 is 34.8. The van der Waals surface area contributed by atoms with Crippen molar-refractivity contribution in [2.45, 2.75) is 50.0 Å². The Morgan fingerprint density at radius 1 is 1.24 bits per heavy atom. The van der Waals surface area contributed by atoms with E-state index in [1.54, 1.807) is 19.1 Å². The molecule has 180 valence electrons. The van der Waals surface area contributed by atoms with Crippen LogP contribution in [-0.4, -0.2) is 32.0 Å². The van der Waals surface area contributed by atoms with Gasteiger partial charge < -0.3 is 15.4 Å². The maximum atomic E-state index is 13.0. The van der Waals surface area contributed by atoms with Gasteiger partial charge in [-0.2, -0.15) is 0 Å². The molecule has 0 bridgehead atoms. The van der Waals surface area contributed by atoms with Crippen LogP contribution in [0.5, 0.6) is 5.75 Å². The first-order valence-corrected chi connectivity index (χ1v) is 13.4. The lowest BCUT2D eigenvalue weighted by Gasteiger charge is -2.28. The number of rotatable bonds is 8. The van der Waals surface area contributed by atoms with E-state index >= 15 is 0 Å². The summed E-state index contributed by atoms with van der Waals surface area (Å²) in [5, 5.41) is 6.30. The standard InChI is InChI=1S/C24H28N4O4S2/c1-15(18-7-5-4-6-8-18)25-14-21-12-10-19-9-11-20(13-22(19)32-21)28-34(30,31)23-16(2)26-24(33-23)27-17(3)29/h4-9,11,13,15,21,25,28H,10,12,14H2,1-3H3,(H,26,27,29)/t15-,21?/m1/s1. The summed E-state index contributed by atoms with van der Waals surface area (Å²) >= 11 is 0.918. The van der Waals surface area contributed by atoms with Crippen LogP contribution in [0.1, 0.15) is 43.1 Å². The van der Waals surface area contributed by atoms with Crippen LogP contribution >= 0.6 is 11.3 Å². The third kappa shape index (κ3) is 5.75. The molecular weight excluding hydrogens is 472 g/mol. The molecule has 2 heterocycles. The van der Waals surface area contributed by atoms with Crippen LogP contribution in [0, 0.1) is 6.92 Å². The summed E-state index contributed by atoms with van der Waals surface area (Å²) in [4.78, 5) is 15.4. The maximum Gasteiger partial charge on any atom is 0.273 e. The number of carbonyl (C=O) groups excluding carboxylic acids is 1. The fourth-order valence-electron chi connectivity index (χ4n) is 3.84. The normalized spacial score (nSPS) is 16.3. The zero-order valence-corrected chi connectivity index (χ0v) is 20.9. The average molecular weight is 501 g/mol. The summed E-state index contributed by atoms with van der Waals surface area (Å²) in [5.41, 5.74) is 3.01. The molecule has 3 aromatic rings. The van der Waals surface area contributed by atoms with Gasteiger partial charge in [-0.25, -0.2) is 13.4 Å².